The number of aromatic carboxylic acids is 1. The second-order valence-corrected chi connectivity index (χ2v) is 6.04. The van der Waals surface area contributed by atoms with Crippen LogP contribution in [0.3, 0.4) is 0 Å². The highest BCUT2D eigenvalue weighted by Crippen LogP contribution is 2.24. The number of carbonyl (C=O) groups is 1. The van der Waals surface area contributed by atoms with Gasteiger partial charge < -0.3 is 5.11 Å². The first-order valence-corrected chi connectivity index (χ1v) is 7.48. The molecule has 0 spiro atoms. The van der Waals surface area contributed by atoms with E-state index in [1.54, 1.807) is 6.07 Å². The Morgan fingerprint density at radius 2 is 2.24 bits per heavy atom. The standard InChI is InChI=1S/C14H16FN3O2S/c1-9(2)6-18-13(16-8-17-18)7-21-10-3-4-12(15)11(5-10)14(19)20/h3-5,8-9H,6-7H2,1-2H3,(H,19,20). The summed E-state index contributed by atoms with van der Waals surface area (Å²) in [7, 11) is 0. The van der Waals surface area contributed by atoms with Gasteiger partial charge in [0.05, 0.1) is 11.3 Å². The molecule has 112 valence electrons. The van der Waals surface area contributed by atoms with Gasteiger partial charge in [0, 0.05) is 11.4 Å². The first-order chi connectivity index (χ1) is 9.97. The second-order valence-electron chi connectivity index (χ2n) is 4.99. The molecule has 1 aromatic carbocycles. The van der Waals surface area contributed by atoms with E-state index in [1.165, 1.54) is 30.2 Å². The number of thioether (sulfide) groups is 1. The highest BCUT2D eigenvalue weighted by molar-refractivity contribution is 7.98. The third kappa shape index (κ3) is 4.04. The summed E-state index contributed by atoms with van der Waals surface area (Å²) < 4.78 is 15.2. The Hall–Kier alpha value is -1.89. The van der Waals surface area contributed by atoms with Gasteiger partial charge in [-0.25, -0.2) is 18.9 Å². The number of nitrogens with zero attached hydrogens (tertiary/aromatic N) is 3. The smallest absolute Gasteiger partial charge is 0.338 e. The molecule has 1 aromatic heterocycles. The molecule has 0 aliphatic heterocycles. The Balaban J connectivity index is 2.08. The van der Waals surface area contributed by atoms with Crippen LogP contribution in [-0.4, -0.2) is 25.8 Å². The number of benzene rings is 1. The van der Waals surface area contributed by atoms with E-state index in [0.717, 1.165) is 12.4 Å². The van der Waals surface area contributed by atoms with E-state index >= 15 is 0 Å². The molecule has 0 aliphatic carbocycles. The fourth-order valence-electron chi connectivity index (χ4n) is 1.80. The van der Waals surface area contributed by atoms with E-state index in [2.05, 4.69) is 23.9 Å². The van der Waals surface area contributed by atoms with Gasteiger partial charge in [-0.1, -0.05) is 13.8 Å². The predicted octanol–water partition coefficient (Wildman–Crippen LogP) is 3.06. The lowest BCUT2D eigenvalue weighted by molar-refractivity contribution is 0.0691. The molecular formula is C14H16FN3O2S. The van der Waals surface area contributed by atoms with E-state index < -0.39 is 11.8 Å². The van der Waals surface area contributed by atoms with Gasteiger partial charge in [0.25, 0.3) is 0 Å². The molecule has 2 aromatic rings. The molecule has 0 radical (unpaired) electrons. The lowest BCUT2D eigenvalue weighted by Gasteiger charge is -2.08. The second kappa shape index (κ2) is 6.71. The van der Waals surface area contributed by atoms with Crippen molar-refractivity contribution in [2.75, 3.05) is 0 Å². The quantitative estimate of drug-likeness (QED) is 0.831. The molecule has 7 heteroatoms. The average molecular weight is 309 g/mol. The van der Waals surface area contributed by atoms with Crippen LogP contribution in [-0.2, 0) is 12.3 Å². The molecule has 21 heavy (non-hydrogen) atoms. The molecule has 0 unspecified atom stereocenters. The summed E-state index contributed by atoms with van der Waals surface area (Å²) in [5.41, 5.74) is -0.316. The lowest BCUT2D eigenvalue weighted by Crippen LogP contribution is -2.09. The largest absolute Gasteiger partial charge is 0.478 e. The lowest BCUT2D eigenvalue weighted by atomic mass is 10.2. The van der Waals surface area contributed by atoms with Crippen molar-refractivity contribution in [2.24, 2.45) is 5.92 Å². The van der Waals surface area contributed by atoms with Crippen LogP contribution in [0.5, 0.6) is 0 Å². The fraction of sp³-hybridized carbons (Fsp3) is 0.357. The molecule has 0 fully saturated rings. The third-order valence-corrected chi connectivity index (χ3v) is 3.76. The van der Waals surface area contributed by atoms with Crippen LogP contribution in [0.1, 0.15) is 30.0 Å². The minimum atomic E-state index is -1.27. The summed E-state index contributed by atoms with van der Waals surface area (Å²) >= 11 is 1.41. The Kier molecular flexibility index (Phi) is 4.95. The van der Waals surface area contributed by atoms with Crippen molar-refractivity contribution in [3.05, 3.63) is 41.7 Å². The minimum Gasteiger partial charge on any atom is -0.478 e. The predicted molar refractivity (Wildman–Crippen MR) is 77.8 cm³/mol. The topological polar surface area (TPSA) is 68.0 Å². The Bertz CT molecular complexity index is 643. The molecule has 1 N–H and O–H groups in total. The molecule has 0 saturated heterocycles. The zero-order valence-corrected chi connectivity index (χ0v) is 12.6. The normalized spacial score (nSPS) is 11.0. The molecule has 0 amide bonds. The maximum absolute atomic E-state index is 13.3. The van der Waals surface area contributed by atoms with Crippen LogP contribution in [0, 0.1) is 11.7 Å². The SMILES string of the molecule is CC(C)Cn1ncnc1CSc1ccc(F)c(C(=O)O)c1. The minimum absolute atomic E-state index is 0.316. The average Bonchev–Trinajstić information content (AvgIpc) is 2.84. The van der Waals surface area contributed by atoms with E-state index in [4.69, 9.17) is 5.11 Å². The number of hydrogen-bond donors (Lipinski definition) is 1. The Labute approximate surface area is 126 Å². The summed E-state index contributed by atoms with van der Waals surface area (Å²) in [5.74, 6) is -0.167. The van der Waals surface area contributed by atoms with Crippen LogP contribution in [0.15, 0.2) is 29.4 Å². The van der Waals surface area contributed by atoms with E-state index in [9.17, 15) is 9.18 Å². The van der Waals surface area contributed by atoms with Crippen LogP contribution in [0.25, 0.3) is 0 Å². The van der Waals surface area contributed by atoms with Gasteiger partial charge in [0.2, 0.25) is 0 Å². The van der Waals surface area contributed by atoms with E-state index in [0.29, 0.717) is 16.6 Å². The van der Waals surface area contributed by atoms with Crippen LogP contribution in [0.4, 0.5) is 4.39 Å². The van der Waals surface area contributed by atoms with E-state index in [-0.39, 0.29) is 5.56 Å². The zero-order chi connectivity index (χ0) is 15.4. The highest BCUT2D eigenvalue weighted by Gasteiger charge is 2.12. The summed E-state index contributed by atoms with van der Waals surface area (Å²) in [5, 5.41) is 13.1. The van der Waals surface area contributed by atoms with Crippen molar-refractivity contribution in [3.8, 4) is 0 Å². The van der Waals surface area contributed by atoms with Crippen LogP contribution < -0.4 is 0 Å². The molecule has 0 bridgehead atoms. The summed E-state index contributed by atoms with van der Waals surface area (Å²) in [6.45, 7) is 4.97. The summed E-state index contributed by atoms with van der Waals surface area (Å²) in [6.07, 6.45) is 1.51. The summed E-state index contributed by atoms with van der Waals surface area (Å²) in [6, 6.07) is 4.08. The molecule has 0 aliphatic rings. The number of rotatable bonds is 6. The van der Waals surface area contributed by atoms with Gasteiger partial charge in [-0.05, 0) is 24.1 Å². The molecule has 1 heterocycles. The number of carboxylic acid groups (broad SMARTS) is 1. The molecule has 5 nitrogen and oxygen atoms in total. The van der Waals surface area contributed by atoms with Gasteiger partial charge in [-0.2, -0.15) is 5.10 Å². The van der Waals surface area contributed by atoms with Crippen LogP contribution >= 0.6 is 11.8 Å². The number of aromatic nitrogens is 3. The molecule has 2 rings (SSSR count). The highest BCUT2D eigenvalue weighted by atomic mass is 32.2. The monoisotopic (exact) mass is 309 g/mol. The summed E-state index contributed by atoms with van der Waals surface area (Å²) in [4.78, 5) is 15.8. The first kappa shape index (κ1) is 15.5. The zero-order valence-electron chi connectivity index (χ0n) is 11.8. The van der Waals surface area contributed by atoms with Crippen molar-refractivity contribution in [3.63, 3.8) is 0 Å². The van der Waals surface area contributed by atoms with Crippen molar-refractivity contribution in [1.82, 2.24) is 14.8 Å². The fourth-order valence-corrected chi connectivity index (χ4v) is 2.69. The van der Waals surface area contributed by atoms with Gasteiger partial charge in [-0.3, -0.25) is 0 Å². The van der Waals surface area contributed by atoms with Crippen LogP contribution in [0.2, 0.25) is 0 Å². The first-order valence-electron chi connectivity index (χ1n) is 6.49. The Morgan fingerprint density at radius 1 is 1.48 bits per heavy atom. The molecular weight excluding hydrogens is 293 g/mol. The van der Waals surface area contributed by atoms with E-state index in [1.807, 2.05) is 4.68 Å². The van der Waals surface area contributed by atoms with Crippen molar-refractivity contribution < 1.29 is 14.3 Å². The van der Waals surface area contributed by atoms with Gasteiger partial charge >= 0.3 is 5.97 Å². The maximum Gasteiger partial charge on any atom is 0.338 e. The number of halogens is 1. The van der Waals surface area contributed by atoms with Crippen molar-refractivity contribution in [2.45, 2.75) is 31.0 Å². The van der Waals surface area contributed by atoms with Gasteiger partial charge in [0.15, 0.2) is 0 Å². The Morgan fingerprint density at radius 3 is 2.90 bits per heavy atom. The number of hydrogen-bond acceptors (Lipinski definition) is 4. The van der Waals surface area contributed by atoms with Gasteiger partial charge in [-0.15, -0.1) is 11.8 Å². The third-order valence-electron chi connectivity index (χ3n) is 2.77. The van der Waals surface area contributed by atoms with Crippen molar-refractivity contribution >= 4 is 17.7 Å². The van der Waals surface area contributed by atoms with Gasteiger partial charge in [0.1, 0.15) is 18.0 Å². The molecule has 0 saturated carbocycles. The maximum atomic E-state index is 13.3. The number of carboxylic acids is 1. The molecule has 0 atom stereocenters. The van der Waals surface area contributed by atoms with Crippen molar-refractivity contribution in [1.29, 1.82) is 0 Å².